The normalized spacial score (nSPS) is 23.4. The van der Waals surface area contributed by atoms with Gasteiger partial charge in [-0.3, -0.25) is 4.79 Å². The summed E-state index contributed by atoms with van der Waals surface area (Å²) in [6.07, 6.45) is 2.64. The van der Waals surface area contributed by atoms with Gasteiger partial charge in [-0.2, -0.15) is 0 Å². The van der Waals surface area contributed by atoms with Crippen LogP contribution in [0.4, 0.5) is 5.69 Å². The van der Waals surface area contributed by atoms with Crippen molar-refractivity contribution in [2.45, 2.75) is 37.8 Å². The van der Waals surface area contributed by atoms with Crippen LogP contribution in [0.2, 0.25) is 10.0 Å². The summed E-state index contributed by atoms with van der Waals surface area (Å²) in [5, 5.41) is 19.4. The quantitative estimate of drug-likeness (QED) is 0.639. The summed E-state index contributed by atoms with van der Waals surface area (Å²) in [5.74, 6) is -0.683. The van der Waals surface area contributed by atoms with Crippen LogP contribution < -0.4 is 16.0 Å². The molecule has 2 heterocycles. The number of piperidine rings is 1. The lowest BCUT2D eigenvalue weighted by Gasteiger charge is -2.33. The lowest BCUT2D eigenvalue weighted by Crippen LogP contribution is -2.42. The van der Waals surface area contributed by atoms with E-state index in [2.05, 4.69) is 16.0 Å². The van der Waals surface area contributed by atoms with Crippen LogP contribution >= 0.6 is 23.2 Å². The largest absolute Gasteiger partial charge is 0.480 e. The first-order chi connectivity index (χ1) is 11.9. The molecule has 2 aliphatic rings. The SMILES string of the molecule is O=C(CC1CCNCC1)N[C@@H]1C[C@@H](C(=O)O)Nc2cc(Cl)cc(Cl)c21. The average molecular weight is 386 g/mol. The van der Waals surface area contributed by atoms with Gasteiger partial charge in [0.1, 0.15) is 6.04 Å². The minimum absolute atomic E-state index is 0.0695. The van der Waals surface area contributed by atoms with E-state index in [1.165, 1.54) is 0 Å². The van der Waals surface area contributed by atoms with Crippen molar-refractivity contribution in [3.63, 3.8) is 0 Å². The molecule has 0 unspecified atom stereocenters. The molecule has 0 spiro atoms. The van der Waals surface area contributed by atoms with E-state index in [0.717, 1.165) is 25.9 Å². The van der Waals surface area contributed by atoms with Gasteiger partial charge in [0.25, 0.3) is 0 Å². The van der Waals surface area contributed by atoms with E-state index >= 15 is 0 Å². The Morgan fingerprint density at radius 2 is 1.96 bits per heavy atom. The summed E-state index contributed by atoms with van der Waals surface area (Å²) in [6.45, 7) is 1.86. The van der Waals surface area contributed by atoms with E-state index in [4.69, 9.17) is 23.2 Å². The van der Waals surface area contributed by atoms with E-state index in [1.807, 2.05) is 0 Å². The van der Waals surface area contributed by atoms with Crippen LogP contribution in [0, 0.1) is 5.92 Å². The van der Waals surface area contributed by atoms with Gasteiger partial charge in [-0.15, -0.1) is 0 Å². The Bertz CT molecular complexity index is 677. The fourth-order valence-electron chi connectivity index (χ4n) is 3.55. The Balaban J connectivity index is 1.77. The van der Waals surface area contributed by atoms with E-state index in [9.17, 15) is 14.7 Å². The third-order valence-electron chi connectivity index (χ3n) is 4.81. The van der Waals surface area contributed by atoms with Crippen molar-refractivity contribution in [3.8, 4) is 0 Å². The van der Waals surface area contributed by atoms with Crippen LogP contribution in [0.1, 0.15) is 37.3 Å². The molecule has 4 N–H and O–H groups in total. The Kier molecular flexibility index (Phi) is 5.71. The van der Waals surface area contributed by atoms with Gasteiger partial charge in [0.15, 0.2) is 0 Å². The minimum atomic E-state index is -0.973. The molecule has 0 aliphatic carbocycles. The first-order valence-electron chi connectivity index (χ1n) is 8.42. The number of nitrogens with one attached hydrogen (secondary N) is 3. The highest BCUT2D eigenvalue weighted by Gasteiger charge is 2.33. The molecule has 1 aromatic carbocycles. The summed E-state index contributed by atoms with van der Waals surface area (Å²) in [7, 11) is 0. The number of carbonyl (C=O) groups excluding carboxylic acids is 1. The fraction of sp³-hybridized carbons (Fsp3) is 0.529. The van der Waals surface area contributed by atoms with Crippen molar-refractivity contribution < 1.29 is 14.7 Å². The van der Waals surface area contributed by atoms with E-state index in [-0.39, 0.29) is 12.3 Å². The number of amides is 1. The van der Waals surface area contributed by atoms with Crippen LogP contribution in [0.3, 0.4) is 0 Å². The number of aliphatic carboxylic acids is 1. The molecule has 6 nitrogen and oxygen atoms in total. The topological polar surface area (TPSA) is 90.5 Å². The molecule has 1 fully saturated rings. The minimum Gasteiger partial charge on any atom is -0.480 e. The predicted molar refractivity (Wildman–Crippen MR) is 97.2 cm³/mol. The van der Waals surface area contributed by atoms with Gasteiger partial charge in [0.2, 0.25) is 5.91 Å². The molecule has 8 heteroatoms. The van der Waals surface area contributed by atoms with Gasteiger partial charge in [-0.05, 0) is 44.0 Å². The summed E-state index contributed by atoms with van der Waals surface area (Å²) in [6, 6.07) is 2.00. The lowest BCUT2D eigenvalue weighted by atomic mass is 9.91. The smallest absolute Gasteiger partial charge is 0.326 e. The number of hydrogen-bond donors (Lipinski definition) is 4. The average Bonchev–Trinajstić information content (AvgIpc) is 2.54. The summed E-state index contributed by atoms with van der Waals surface area (Å²) in [5.41, 5.74) is 1.26. The van der Waals surface area contributed by atoms with Crippen molar-refractivity contribution in [1.29, 1.82) is 0 Å². The first-order valence-corrected chi connectivity index (χ1v) is 9.18. The van der Waals surface area contributed by atoms with Crippen LogP contribution in [-0.2, 0) is 9.59 Å². The lowest BCUT2D eigenvalue weighted by molar-refractivity contribution is -0.138. The number of fused-ring (bicyclic) bond motifs is 1. The fourth-order valence-corrected chi connectivity index (χ4v) is 4.18. The van der Waals surface area contributed by atoms with E-state index in [0.29, 0.717) is 33.6 Å². The second-order valence-electron chi connectivity index (χ2n) is 6.64. The molecule has 0 aromatic heterocycles. The molecular formula is C17H21Cl2N3O3. The number of carboxylic acids is 1. The zero-order chi connectivity index (χ0) is 18.0. The van der Waals surface area contributed by atoms with Crippen molar-refractivity contribution in [2.24, 2.45) is 5.92 Å². The maximum atomic E-state index is 12.5. The van der Waals surface area contributed by atoms with Crippen LogP contribution in [0.5, 0.6) is 0 Å². The summed E-state index contributed by atoms with van der Waals surface area (Å²) < 4.78 is 0. The Labute approximate surface area is 156 Å². The maximum absolute atomic E-state index is 12.5. The monoisotopic (exact) mass is 385 g/mol. The number of carbonyl (C=O) groups is 2. The highest BCUT2D eigenvalue weighted by atomic mass is 35.5. The zero-order valence-corrected chi connectivity index (χ0v) is 15.2. The Morgan fingerprint density at radius 1 is 1.24 bits per heavy atom. The molecule has 1 amide bonds. The third kappa shape index (κ3) is 4.37. The van der Waals surface area contributed by atoms with Gasteiger partial charge >= 0.3 is 5.97 Å². The molecule has 1 saturated heterocycles. The molecule has 0 bridgehead atoms. The van der Waals surface area contributed by atoms with Crippen molar-refractivity contribution in [2.75, 3.05) is 18.4 Å². The molecular weight excluding hydrogens is 365 g/mol. The molecule has 136 valence electrons. The Hall–Kier alpha value is -1.50. The second kappa shape index (κ2) is 7.81. The Morgan fingerprint density at radius 3 is 2.64 bits per heavy atom. The highest BCUT2D eigenvalue weighted by molar-refractivity contribution is 6.35. The number of anilines is 1. The van der Waals surface area contributed by atoms with Crippen LogP contribution in [-0.4, -0.2) is 36.1 Å². The van der Waals surface area contributed by atoms with Crippen molar-refractivity contribution in [3.05, 3.63) is 27.7 Å². The third-order valence-corrected chi connectivity index (χ3v) is 5.34. The second-order valence-corrected chi connectivity index (χ2v) is 7.48. The molecule has 2 atom stereocenters. The van der Waals surface area contributed by atoms with Crippen molar-refractivity contribution >= 4 is 40.8 Å². The van der Waals surface area contributed by atoms with Gasteiger partial charge < -0.3 is 21.1 Å². The van der Waals surface area contributed by atoms with E-state index in [1.54, 1.807) is 12.1 Å². The molecule has 2 aliphatic heterocycles. The standard InChI is InChI=1S/C17H21Cl2N3O3/c18-10-6-11(19)16-12(7-10)21-14(17(24)25)8-13(16)22-15(23)5-9-1-3-20-4-2-9/h6-7,9,13-14,20-21H,1-5,8H2,(H,22,23)(H,24,25)/t13-,14+/m1/s1. The number of halogens is 2. The van der Waals surface area contributed by atoms with Gasteiger partial charge in [0, 0.05) is 34.1 Å². The van der Waals surface area contributed by atoms with Gasteiger partial charge in [-0.1, -0.05) is 23.2 Å². The zero-order valence-electron chi connectivity index (χ0n) is 13.6. The summed E-state index contributed by atoms with van der Waals surface area (Å²) in [4.78, 5) is 23.9. The number of rotatable bonds is 4. The predicted octanol–water partition coefficient (Wildman–Crippen LogP) is 2.81. The maximum Gasteiger partial charge on any atom is 0.326 e. The number of hydrogen-bond acceptors (Lipinski definition) is 4. The molecule has 3 rings (SSSR count). The molecule has 0 saturated carbocycles. The first kappa shape index (κ1) is 18.3. The van der Waals surface area contributed by atoms with Gasteiger partial charge in [0.05, 0.1) is 6.04 Å². The summed E-state index contributed by atoms with van der Waals surface area (Å²) >= 11 is 12.3. The molecule has 0 radical (unpaired) electrons. The van der Waals surface area contributed by atoms with Gasteiger partial charge in [-0.25, -0.2) is 4.79 Å². The van der Waals surface area contributed by atoms with Crippen molar-refractivity contribution in [1.82, 2.24) is 10.6 Å². The van der Waals surface area contributed by atoms with Crippen LogP contribution in [0.25, 0.3) is 0 Å². The number of benzene rings is 1. The molecule has 25 heavy (non-hydrogen) atoms. The van der Waals surface area contributed by atoms with E-state index < -0.39 is 18.1 Å². The molecule has 1 aromatic rings. The highest BCUT2D eigenvalue weighted by Crippen LogP contribution is 2.40. The number of carboxylic acid groups (broad SMARTS) is 1. The van der Waals surface area contributed by atoms with Crippen LogP contribution in [0.15, 0.2) is 12.1 Å².